The lowest BCUT2D eigenvalue weighted by Gasteiger charge is -2.19. The van der Waals surface area contributed by atoms with Crippen LogP contribution in [0.25, 0.3) is 21.0 Å². The summed E-state index contributed by atoms with van der Waals surface area (Å²) in [7, 11) is 3.02. The number of rotatable bonds is 5. The van der Waals surface area contributed by atoms with Crippen LogP contribution in [0.3, 0.4) is 0 Å². The molecule has 0 aliphatic heterocycles. The Morgan fingerprint density at radius 3 is 2.55 bits per heavy atom. The Balaban J connectivity index is 1.87. The molecule has 31 heavy (non-hydrogen) atoms. The number of carbonyl (C=O) groups is 2. The summed E-state index contributed by atoms with van der Waals surface area (Å²) in [6.45, 7) is 1.86. The van der Waals surface area contributed by atoms with E-state index in [9.17, 15) is 18.4 Å². The van der Waals surface area contributed by atoms with Gasteiger partial charge in [-0.15, -0.1) is 11.3 Å². The number of hydrogen-bond donors (Lipinski definition) is 2. The highest BCUT2D eigenvalue weighted by atomic mass is 35.5. The van der Waals surface area contributed by atoms with Crippen molar-refractivity contribution in [1.29, 1.82) is 0 Å². The maximum absolute atomic E-state index is 12.6. The Labute approximate surface area is 189 Å². The lowest BCUT2D eigenvalue weighted by atomic mass is 10.1. The third-order valence-electron chi connectivity index (χ3n) is 4.96. The van der Waals surface area contributed by atoms with Gasteiger partial charge < -0.3 is 9.88 Å². The molecule has 0 spiro atoms. The Morgan fingerprint density at radius 2 is 1.87 bits per heavy atom. The number of hydrogen-bond acceptors (Lipinski definition) is 4. The highest BCUT2D eigenvalue weighted by Gasteiger charge is 2.25. The minimum atomic E-state index is -2.37. The van der Waals surface area contributed by atoms with E-state index in [1.807, 2.05) is 19.1 Å². The number of halogens is 1. The summed E-state index contributed by atoms with van der Waals surface area (Å²) in [5.41, 5.74) is 2.08. The van der Waals surface area contributed by atoms with Crippen molar-refractivity contribution in [2.75, 3.05) is 18.4 Å². The lowest BCUT2D eigenvalue weighted by molar-refractivity contribution is -0.124. The largest absolute Gasteiger partial charge is 0.360 e. The first-order valence-corrected chi connectivity index (χ1v) is 11.4. The molecule has 2 aromatic carbocycles. The lowest BCUT2D eigenvalue weighted by Crippen LogP contribution is -2.29. The van der Waals surface area contributed by atoms with Crippen molar-refractivity contribution in [2.45, 2.75) is 6.92 Å². The average molecular weight is 476 g/mol. The molecule has 0 aliphatic carbocycles. The minimum Gasteiger partial charge on any atom is -0.360 e. The van der Waals surface area contributed by atoms with Gasteiger partial charge in [0, 0.05) is 40.9 Å². The molecule has 0 aliphatic rings. The molecule has 160 valence electrons. The van der Waals surface area contributed by atoms with Gasteiger partial charge in [0.2, 0.25) is 0 Å². The van der Waals surface area contributed by atoms with Crippen LogP contribution in [0.4, 0.5) is 10.7 Å². The molecular formula is C21H18ClN3O4S2. The number of H-pyrrole nitrogens is 1. The van der Waals surface area contributed by atoms with E-state index in [0.29, 0.717) is 26.6 Å². The predicted molar refractivity (Wildman–Crippen MR) is 126 cm³/mol. The van der Waals surface area contributed by atoms with E-state index < -0.39 is 23.0 Å². The first-order valence-electron chi connectivity index (χ1n) is 9.16. The number of thiophene rings is 1. The molecule has 0 fully saturated rings. The quantitative estimate of drug-likeness (QED) is 0.244. The van der Waals surface area contributed by atoms with Crippen molar-refractivity contribution in [3.8, 4) is 0 Å². The van der Waals surface area contributed by atoms with Gasteiger partial charge >= 0.3 is 0 Å². The van der Waals surface area contributed by atoms with Crippen molar-refractivity contribution >= 4 is 77.6 Å². The number of fused-ring (bicyclic) bond motifs is 2. The van der Waals surface area contributed by atoms with E-state index >= 15 is 0 Å². The number of nitrogens with one attached hydrogen (secondary N) is 1. The number of anilines is 2. The summed E-state index contributed by atoms with van der Waals surface area (Å²) in [5.74, 6) is -1.30. The fourth-order valence-corrected chi connectivity index (χ4v) is 5.56. The maximum atomic E-state index is 12.6. The summed E-state index contributed by atoms with van der Waals surface area (Å²) in [6, 6.07) is 10.5. The van der Waals surface area contributed by atoms with Gasteiger partial charge in [0.05, 0.1) is 11.3 Å². The number of ketones is 1. The standard InChI is InChI=1S/C21H18ClN3O4S2/c1-11-14-8-12(22)4-7-18(14)30-21(11)25(31(28)29)13-5-6-17-15(9-13)16(10-23-17)19(26)20(27)24(2)3/h4-10,23H,1-3H3,(H,28,29). The van der Waals surface area contributed by atoms with Crippen LogP contribution in [0.15, 0.2) is 42.6 Å². The fourth-order valence-electron chi connectivity index (χ4n) is 3.39. The van der Waals surface area contributed by atoms with Gasteiger partial charge in [-0.25, -0.2) is 8.51 Å². The number of likely N-dealkylation sites (N-methyl/N-ethyl adjacent to an activating group) is 1. The Bertz CT molecular complexity index is 1380. The zero-order chi connectivity index (χ0) is 22.4. The minimum absolute atomic E-state index is 0.207. The van der Waals surface area contributed by atoms with E-state index in [4.69, 9.17) is 11.6 Å². The second-order valence-electron chi connectivity index (χ2n) is 7.16. The number of amides is 1. The van der Waals surface area contributed by atoms with Gasteiger partial charge in [0.25, 0.3) is 23.0 Å². The normalized spacial score (nSPS) is 12.3. The molecule has 10 heteroatoms. The van der Waals surface area contributed by atoms with Crippen LogP contribution in [-0.2, 0) is 16.1 Å². The number of benzene rings is 2. The maximum Gasteiger partial charge on any atom is 0.294 e. The smallest absolute Gasteiger partial charge is 0.294 e. The molecule has 2 heterocycles. The molecule has 0 saturated carbocycles. The monoisotopic (exact) mass is 475 g/mol. The van der Waals surface area contributed by atoms with E-state index in [1.165, 1.54) is 40.8 Å². The molecule has 0 radical (unpaired) electrons. The number of aromatic amines is 1. The Morgan fingerprint density at radius 1 is 1.13 bits per heavy atom. The van der Waals surface area contributed by atoms with Gasteiger partial charge in [-0.3, -0.25) is 14.1 Å². The van der Waals surface area contributed by atoms with E-state index in [2.05, 4.69) is 4.98 Å². The van der Waals surface area contributed by atoms with Crippen LogP contribution in [0, 0.1) is 6.92 Å². The van der Waals surface area contributed by atoms with Gasteiger partial charge in [0.15, 0.2) is 0 Å². The molecule has 1 amide bonds. The van der Waals surface area contributed by atoms with Gasteiger partial charge in [-0.2, -0.15) is 0 Å². The third-order valence-corrected chi connectivity index (χ3v) is 7.27. The molecule has 4 aromatic rings. The Hall–Kier alpha value is -2.72. The molecule has 4 rings (SSSR count). The zero-order valence-corrected chi connectivity index (χ0v) is 19.2. The van der Waals surface area contributed by atoms with Crippen LogP contribution in [-0.4, -0.2) is 44.4 Å². The molecular weight excluding hydrogens is 458 g/mol. The first-order chi connectivity index (χ1) is 14.7. The zero-order valence-electron chi connectivity index (χ0n) is 16.8. The summed E-state index contributed by atoms with van der Waals surface area (Å²) in [6.07, 6.45) is 1.48. The van der Waals surface area contributed by atoms with Crippen molar-refractivity contribution in [1.82, 2.24) is 9.88 Å². The number of aryl methyl sites for hydroxylation is 1. The van der Waals surface area contributed by atoms with Crippen LogP contribution in [0.5, 0.6) is 0 Å². The van der Waals surface area contributed by atoms with Crippen molar-refractivity contribution < 1.29 is 18.4 Å². The van der Waals surface area contributed by atoms with E-state index in [0.717, 1.165) is 15.6 Å². The third kappa shape index (κ3) is 3.74. The SMILES string of the molecule is Cc1c(N(c2ccc3[nH]cc(C(=O)C(=O)N(C)C)c3c2)S(=O)O)sc2ccc(Cl)cc12. The summed E-state index contributed by atoms with van der Waals surface area (Å²) < 4.78 is 24.7. The van der Waals surface area contributed by atoms with Crippen LogP contribution < -0.4 is 4.31 Å². The Kier molecular flexibility index (Phi) is 5.61. The van der Waals surface area contributed by atoms with E-state index in [-0.39, 0.29) is 5.56 Å². The van der Waals surface area contributed by atoms with Crippen LogP contribution >= 0.6 is 22.9 Å². The van der Waals surface area contributed by atoms with Crippen molar-refractivity contribution in [2.24, 2.45) is 0 Å². The number of aromatic nitrogens is 1. The highest BCUT2D eigenvalue weighted by molar-refractivity contribution is 7.81. The average Bonchev–Trinajstić information content (AvgIpc) is 3.28. The molecule has 1 atom stereocenters. The van der Waals surface area contributed by atoms with Crippen molar-refractivity contribution in [3.05, 3.63) is 58.7 Å². The molecule has 0 bridgehead atoms. The van der Waals surface area contributed by atoms with Crippen LogP contribution in [0.1, 0.15) is 15.9 Å². The fraction of sp³-hybridized carbons (Fsp3) is 0.143. The summed E-state index contributed by atoms with van der Waals surface area (Å²) >= 11 is 5.12. The number of Topliss-reactive ketones (excluding diaryl/α,β-unsaturated/α-hetero) is 1. The van der Waals surface area contributed by atoms with E-state index in [1.54, 1.807) is 24.3 Å². The van der Waals surface area contributed by atoms with Crippen LogP contribution in [0.2, 0.25) is 5.02 Å². The second kappa shape index (κ2) is 8.08. The summed E-state index contributed by atoms with van der Waals surface area (Å²) in [4.78, 5) is 29.0. The topological polar surface area (TPSA) is 93.7 Å². The number of nitrogens with zero attached hydrogens (tertiary/aromatic N) is 2. The molecule has 7 nitrogen and oxygen atoms in total. The molecule has 1 unspecified atom stereocenters. The van der Waals surface area contributed by atoms with Gasteiger partial charge in [-0.1, -0.05) is 11.6 Å². The van der Waals surface area contributed by atoms with Crippen molar-refractivity contribution in [3.63, 3.8) is 0 Å². The van der Waals surface area contributed by atoms with Gasteiger partial charge in [0.1, 0.15) is 5.00 Å². The molecule has 0 saturated heterocycles. The summed E-state index contributed by atoms with van der Waals surface area (Å²) in [5, 5.41) is 2.57. The molecule has 2 aromatic heterocycles. The predicted octanol–water partition coefficient (Wildman–Crippen LogP) is 4.89. The van der Waals surface area contributed by atoms with Gasteiger partial charge in [-0.05, 0) is 54.3 Å². The first kappa shape index (κ1) is 21.5. The highest BCUT2D eigenvalue weighted by Crippen LogP contribution is 2.42. The number of carbonyl (C=O) groups excluding carboxylic acids is 2. The molecule has 2 N–H and O–H groups in total. The second-order valence-corrected chi connectivity index (χ2v) is 9.45.